The fraction of sp³-hybridized carbons (Fsp3) is 0.161. The van der Waals surface area contributed by atoms with E-state index in [2.05, 4.69) is 5.32 Å². The number of hydrogen-bond acceptors (Lipinski definition) is 3. The van der Waals surface area contributed by atoms with Crippen molar-refractivity contribution in [3.8, 4) is 5.75 Å². The molecule has 0 aliphatic rings. The first-order valence-corrected chi connectivity index (χ1v) is 12.0. The van der Waals surface area contributed by atoms with Crippen molar-refractivity contribution in [3.63, 3.8) is 0 Å². The molecule has 4 rings (SSSR count). The van der Waals surface area contributed by atoms with Crippen molar-refractivity contribution < 1.29 is 14.3 Å². The Morgan fingerprint density at radius 1 is 0.722 bits per heavy atom. The number of rotatable bonds is 10. The summed E-state index contributed by atoms with van der Waals surface area (Å²) in [6.45, 7) is 0.667. The quantitative estimate of drug-likeness (QED) is 0.335. The lowest BCUT2D eigenvalue weighted by atomic mass is 10.0. The van der Waals surface area contributed by atoms with Crippen LogP contribution in [0.2, 0.25) is 0 Å². The highest BCUT2D eigenvalue weighted by Gasteiger charge is 2.31. The number of amides is 2. The predicted octanol–water partition coefficient (Wildman–Crippen LogP) is 5.32. The Kier molecular flexibility index (Phi) is 8.49. The lowest BCUT2D eigenvalue weighted by molar-refractivity contribution is -0.141. The number of benzene rings is 4. The van der Waals surface area contributed by atoms with Crippen LogP contribution >= 0.6 is 0 Å². The summed E-state index contributed by atoms with van der Waals surface area (Å²) < 4.78 is 5.22. The molecule has 4 aromatic carbocycles. The zero-order valence-electron chi connectivity index (χ0n) is 20.3. The number of carbonyl (C=O) groups is 2. The van der Waals surface area contributed by atoms with E-state index in [1.54, 1.807) is 12.0 Å². The minimum atomic E-state index is -0.777. The van der Waals surface area contributed by atoms with E-state index < -0.39 is 6.04 Å². The van der Waals surface area contributed by atoms with E-state index in [0.717, 1.165) is 28.0 Å². The molecule has 5 nitrogen and oxygen atoms in total. The standard InChI is InChI=1S/C31H30N2O3/c1-36-28-19-17-25(18-20-28)22-32-31(35)30(27-15-9-4-10-16-27)33(23-26-13-7-3-8-14-26)29(34)21-24-11-5-2-6-12-24/h2-20,30H,21-23H2,1H3,(H,32,35)/t30-/m1/s1. The molecular weight excluding hydrogens is 448 g/mol. The average molecular weight is 479 g/mol. The van der Waals surface area contributed by atoms with Crippen LogP contribution in [0.15, 0.2) is 115 Å². The fourth-order valence-corrected chi connectivity index (χ4v) is 4.11. The number of nitrogens with zero attached hydrogens (tertiary/aromatic N) is 1. The fourth-order valence-electron chi connectivity index (χ4n) is 4.11. The molecule has 0 unspecified atom stereocenters. The molecule has 0 fully saturated rings. The van der Waals surface area contributed by atoms with Crippen LogP contribution in [-0.2, 0) is 29.1 Å². The maximum Gasteiger partial charge on any atom is 0.247 e. The second-order valence-corrected chi connectivity index (χ2v) is 8.55. The largest absolute Gasteiger partial charge is 0.497 e. The van der Waals surface area contributed by atoms with E-state index in [-0.39, 0.29) is 18.2 Å². The number of nitrogens with one attached hydrogen (secondary N) is 1. The lowest BCUT2D eigenvalue weighted by Crippen LogP contribution is -2.43. The smallest absolute Gasteiger partial charge is 0.247 e. The van der Waals surface area contributed by atoms with Crippen LogP contribution in [0.5, 0.6) is 5.75 Å². The Bertz CT molecular complexity index is 1240. The van der Waals surface area contributed by atoms with Crippen molar-refractivity contribution in [2.75, 3.05) is 7.11 Å². The lowest BCUT2D eigenvalue weighted by Gasteiger charge is -2.32. The Morgan fingerprint density at radius 3 is 1.86 bits per heavy atom. The van der Waals surface area contributed by atoms with Gasteiger partial charge in [-0.25, -0.2) is 0 Å². The molecule has 0 aromatic heterocycles. The molecule has 0 saturated heterocycles. The highest BCUT2D eigenvalue weighted by atomic mass is 16.5. The molecule has 0 saturated carbocycles. The van der Waals surface area contributed by atoms with Gasteiger partial charge in [0.15, 0.2) is 0 Å². The summed E-state index contributed by atoms with van der Waals surface area (Å²) in [5, 5.41) is 3.05. The van der Waals surface area contributed by atoms with Gasteiger partial charge in [0.25, 0.3) is 0 Å². The third kappa shape index (κ3) is 6.60. The van der Waals surface area contributed by atoms with Crippen LogP contribution in [0.1, 0.15) is 28.3 Å². The topological polar surface area (TPSA) is 58.6 Å². The minimum absolute atomic E-state index is 0.112. The molecule has 36 heavy (non-hydrogen) atoms. The maximum absolute atomic E-state index is 13.7. The van der Waals surface area contributed by atoms with Gasteiger partial charge in [-0.15, -0.1) is 0 Å². The van der Waals surface area contributed by atoms with Gasteiger partial charge in [-0.1, -0.05) is 103 Å². The molecule has 1 N–H and O–H groups in total. The van der Waals surface area contributed by atoms with E-state index in [0.29, 0.717) is 13.1 Å². The van der Waals surface area contributed by atoms with Gasteiger partial charge in [0.2, 0.25) is 11.8 Å². The second kappa shape index (κ2) is 12.4. The number of ether oxygens (including phenoxy) is 1. The average Bonchev–Trinajstić information content (AvgIpc) is 2.93. The van der Waals surface area contributed by atoms with Crippen molar-refractivity contribution in [3.05, 3.63) is 138 Å². The summed E-state index contributed by atoms with van der Waals surface area (Å²) in [5.74, 6) is 0.417. The van der Waals surface area contributed by atoms with Crippen LogP contribution in [0.25, 0.3) is 0 Å². The van der Waals surface area contributed by atoms with Gasteiger partial charge in [-0.05, 0) is 34.4 Å². The van der Waals surface area contributed by atoms with Gasteiger partial charge in [0.1, 0.15) is 11.8 Å². The molecule has 0 radical (unpaired) electrons. The van der Waals surface area contributed by atoms with Crippen molar-refractivity contribution in [1.29, 1.82) is 0 Å². The maximum atomic E-state index is 13.7. The van der Waals surface area contributed by atoms with Gasteiger partial charge in [-0.2, -0.15) is 0 Å². The Morgan fingerprint density at radius 2 is 1.28 bits per heavy atom. The predicted molar refractivity (Wildman–Crippen MR) is 141 cm³/mol. The summed E-state index contributed by atoms with van der Waals surface area (Å²) in [6, 6.07) is 35.6. The summed E-state index contributed by atoms with van der Waals surface area (Å²) in [4.78, 5) is 29.1. The van der Waals surface area contributed by atoms with Gasteiger partial charge in [0.05, 0.1) is 13.5 Å². The molecule has 0 aliphatic heterocycles. The number of hydrogen-bond donors (Lipinski definition) is 1. The second-order valence-electron chi connectivity index (χ2n) is 8.55. The summed E-state index contributed by atoms with van der Waals surface area (Å²) >= 11 is 0. The third-order valence-electron chi connectivity index (χ3n) is 6.02. The molecule has 2 amide bonds. The van der Waals surface area contributed by atoms with Crippen LogP contribution in [-0.4, -0.2) is 23.8 Å². The first-order chi connectivity index (χ1) is 17.6. The summed E-state index contributed by atoms with van der Waals surface area (Å²) in [5.41, 5.74) is 3.58. The highest BCUT2D eigenvalue weighted by Crippen LogP contribution is 2.25. The van der Waals surface area contributed by atoms with Crippen molar-refractivity contribution in [2.24, 2.45) is 0 Å². The first-order valence-electron chi connectivity index (χ1n) is 12.0. The summed E-state index contributed by atoms with van der Waals surface area (Å²) in [7, 11) is 1.62. The summed E-state index contributed by atoms with van der Waals surface area (Å²) in [6.07, 6.45) is 0.211. The van der Waals surface area contributed by atoms with Crippen LogP contribution in [0.4, 0.5) is 0 Å². The Balaban J connectivity index is 1.63. The van der Waals surface area contributed by atoms with E-state index in [1.807, 2.05) is 115 Å². The third-order valence-corrected chi connectivity index (χ3v) is 6.02. The minimum Gasteiger partial charge on any atom is -0.497 e. The van der Waals surface area contributed by atoms with Crippen LogP contribution in [0.3, 0.4) is 0 Å². The number of carbonyl (C=O) groups excluding carboxylic acids is 2. The van der Waals surface area contributed by atoms with E-state index in [9.17, 15) is 9.59 Å². The molecule has 0 heterocycles. The van der Waals surface area contributed by atoms with Gasteiger partial charge >= 0.3 is 0 Å². The normalized spacial score (nSPS) is 11.4. The molecule has 0 aliphatic carbocycles. The van der Waals surface area contributed by atoms with Crippen molar-refractivity contribution >= 4 is 11.8 Å². The van der Waals surface area contributed by atoms with Crippen molar-refractivity contribution in [1.82, 2.24) is 10.2 Å². The van der Waals surface area contributed by atoms with Gasteiger partial charge < -0.3 is 15.0 Å². The molecular formula is C31H30N2O3. The monoisotopic (exact) mass is 478 g/mol. The first kappa shape index (κ1) is 24.7. The molecule has 0 spiro atoms. The van der Waals surface area contributed by atoms with E-state index in [4.69, 9.17) is 4.74 Å². The van der Waals surface area contributed by atoms with Crippen molar-refractivity contribution in [2.45, 2.75) is 25.6 Å². The van der Waals surface area contributed by atoms with Crippen LogP contribution < -0.4 is 10.1 Å². The Labute approximate surface area is 212 Å². The molecule has 5 heteroatoms. The zero-order valence-corrected chi connectivity index (χ0v) is 20.3. The molecule has 1 atom stereocenters. The Hall–Kier alpha value is -4.38. The number of methoxy groups -OCH3 is 1. The SMILES string of the molecule is COc1ccc(CNC(=O)[C@@H](c2ccccc2)N(Cc2ccccc2)C(=O)Cc2ccccc2)cc1. The molecule has 0 bridgehead atoms. The highest BCUT2D eigenvalue weighted by molar-refractivity contribution is 5.89. The van der Waals surface area contributed by atoms with E-state index >= 15 is 0 Å². The molecule has 182 valence electrons. The molecule has 4 aromatic rings. The van der Waals surface area contributed by atoms with Crippen LogP contribution in [0, 0.1) is 0 Å². The van der Waals surface area contributed by atoms with Gasteiger partial charge in [-0.3, -0.25) is 9.59 Å². The van der Waals surface area contributed by atoms with Gasteiger partial charge in [0, 0.05) is 13.1 Å². The zero-order chi connectivity index (χ0) is 25.2. The van der Waals surface area contributed by atoms with E-state index in [1.165, 1.54) is 0 Å².